The summed E-state index contributed by atoms with van der Waals surface area (Å²) in [5, 5.41) is 3.04. The van der Waals surface area contributed by atoms with Crippen LogP contribution in [0.25, 0.3) is 0 Å². The molecular formula is C26H36N2O3. The fraction of sp³-hybridized carbons (Fsp3) is 0.462. The largest absolute Gasteiger partial charge is 0.494 e. The van der Waals surface area contributed by atoms with Gasteiger partial charge in [0.15, 0.2) is 0 Å². The van der Waals surface area contributed by atoms with Crippen molar-refractivity contribution in [1.82, 2.24) is 10.2 Å². The second kappa shape index (κ2) is 12.8. The Morgan fingerprint density at radius 2 is 1.68 bits per heavy atom. The third kappa shape index (κ3) is 8.08. The number of ether oxygens (including phenoxy) is 1. The van der Waals surface area contributed by atoms with Crippen molar-refractivity contribution in [2.45, 2.75) is 72.0 Å². The summed E-state index contributed by atoms with van der Waals surface area (Å²) in [6, 6.07) is 17.3. The highest BCUT2D eigenvalue weighted by atomic mass is 16.5. The minimum atomic E-state index is -0.488. The number of hydrogen-bond acceptors (Lipinski definition) is 3. The molecule has 0 radical (unpaired) electrons. The zero-order valence-corrected chi connectivity index (χ0v) is 19.3. The van der Waals surface area contributed by atoms with Gasteiger partial charge in [-0.3, -0.25) is 9.59 Å². The summed E-state index contributed by atoms with van der Waals surface area (Å²) in [4.78, 5) is 27.8. The van der Waals surface area contributed by atoms with Gasteiger partial charge in [0.05, 0.1) is 6.61 Å². The molecule has 31 heavy (non-hydrogen) atoms. The van der Waals surface area contributed by atoms with Gasteiger partial charge in [-0.05, 0) is 50.8 Å². The number of rotatable bonds is 12. The first-order chi connectivity index (χ1) is 14.9. The smallest absolute Gasteiger partial charge is 0.243 e. The Morgan fingerprint density at radius 1 is 1.00 bits per heavy atom. The molecular weight excluding hydrogens is 388 g/mol. The molecule has 5 heteroatoms. The predicted molar refractivity (Wildman–Crippen MR) is 125 cm³/mol. The summed E-state index contributed by atoms with van der Waals surface area (Å²) in [5.74, 6) is 0.687. The number of carbonyl (C=O) groups excluding carboxylic acids is 2. The first kappa shape index (κ1) is 24.4. The average molecular weight is 425 g/mol. The Labute approximate surface area is 186 Å². The summed E-state index contributed by atoms with van der Waals surface area (Å²) in [7, 11) is 0. The van der Waals surface area contributed by atoms with Crippen LogP contribution in [-0.2, 0) is 16.1 Å². The van der Waals surface area contributed by atoms with E-state index in [1.807, 2.05) is 82.3 Å². The number of aryl methyl sites for hydroxylation is 1. The van der Waals surface area contributed by atoms with Crippen LogP contribution >= 0.6 is 0 Å². The maximum Gasteiger partial charge on any atom is 0.243 e. The number of nitrogens with zero attached hydrogens (tertiary/aromatic N) is 1. The van der Waals surface area contributed by atoms with Crippen LogP contribution in [0.2, 0.25) is 0 Å². The van der Waals surface area contributed by atoms with E-state index in [0.717, 1.165) is 17.7 Å². The standard InChI is InChI=1S/C26H36N2O3/c1-5-21(4)27-26(30)24(6-2)28(19-22-16-14-20(3)15-17-22)25(29)13-10-18-31-23-11-8-7-9-12-23/h7-9,11-12,14-17,21,24H,5-6,10,13,18-19H2,1-4H3,(H,27,30). The van der Waals surface area contributed by atoms with E-state index in [-0.39, 0.29) is 17.9 Å². The van der Waals surface area contributed by atoms with Crippen LogP contribution in [0.4, 0.5) is 0 Å². The number of carbonyl (C=O) groups is 2. The molecule has 0 saturated carbocycles. The topological polar surface area (TPSA) is 58.6 Å². The van der Waals surface area contributed by atoms with E-state index >= 15 is 0 Å². The van der Waals surface area contributed by atoms with Gasteiger partial charge in [-0.25, -0.2) is 0 Å². The normalized spacial score (nSPS) is 12.6. The minimum absolute atomic E-state index is 0.0246. The monoisotopic (exact) mass is 424 g/mol. The van der Waals surface area contributed by atoms with E-state index in [1.165, 1.54) is 5.56 Å². The van der Waals surface area contributed by atoms with E-state index in [2.05, 4.69) is 5.32 Å². The lowest BCUT2D eigenvalue weighted by atomic mass is 10.1. The number of nitrogens with one attached hydrogen (secondary N) is 1. The Hall–Kier alpha value is -2.82. The predicted octanol–water partition coefficient (Wildman–Crippen LogP) is 4.88. The minimum Gasteiger partial charge on any atom is -0.494 e. The molecule has 0 aromatic heterocycles. The average Bonchev–Trinajstić information content (AvgIpc) is 2.78. The van der Waals surface area contributed by atoms with Crippen LogP contribution in [0.1, 0.15) is 57.6 Å². The molecule has 0 aliphatic rings. The van der Waals surface area contributed by atoms with Gasteiger partial charge in [-0.1, -0.05) is 61.9 Å². The van der Waals surface area contributed by atoms with Gasteiger partial charge in [0.2, 0.25) is 11.8 Å². The highest BCUT2D eigenvalue weighted by Gasteiger charge is 2.28. The lowest BCUT2D eigenvalue weighted by Crippen LogP contribution is -2.50. The molecule has 2 atom stereocenters. The first-order valence-corrected chi connectivity index (χ1v) is 11.3. The van der Waals surface area contributed by atoms with Crippen molar-refractivity contribution >= 4 is 11.8 Å². The van der Waals surface area contributed by atoms with Crippen molar-refractivity contribution in [3.8, 4) is 5.75 Å². The molecule has 2 rings (SSSR count). The Balaban J connectivity index is 2.06. The Morgan fingerprint density at radius 3 is 2.29 bits per heavy atom. The summed E-state index contributed by atoms with van der Waals surface area (Å²) >= 11 is 0. The van der Waals surface area contributed by atoms with Crippen LogP contribution in [-0.4, -0.2) is 35.4 Å². The molecule has 5 nitrogen and oxygen atoms in total. The van der Waals surface area contributed by atoms with Crippen LogP contribution in [0.3, 0.4) is 0 Å². The number of benzene rings is 2. The lowest BCUT2D eigenvalue weighted by Gasteiger charge is -2.31. The van der Waals surface area contributed by atoms with Crippen LogP contribution in [0.5, 0.6) is 5.75 Å². The SMILES string of the molecule is CCC(C)NC(=O)C(CC)N(Cc1ccc(C)cc1)C(=O)CCCOc1ccccc1. The van der Waals surface area contributed by atoms with Crippen molar-refractivity contribution in [2.75, 3.05) is 6.61 Å². The Kier molecular flexibility index (Phi) is 10.1. The summed E-state index contributed by atoms with van der Waals surface area (Å²) < 4.78 is 5.72. The molecule has 0 bridgehead atoms. The number of para-hydroxylation sites is 1. The molecule has 1 N–H and O–H groups in total. The molecule has 0 saturated heterocycles. The van der Waals surface area contributed by atoms with Gasteiger partial charge in [0.25, 0.3) is 0 Å². The Bertz CT molecular complexity index is 805. The zero-order valence-electron chi connectivity index (χ0n) is 19.3. The van der Waals surface area contributed by atoms with Crippen molar-refractivity contribution < 1.29 is 14.3 Å². The van der Waals surface area contributed by atoms with Crippen LogP contribution in [0, 0.1) is 6.92 Å². The molecule has 2 unspecified atom stereocenters. The lowest BCUT2D eigenvalue weighted by molar-refractivity contribution is -0.141. The molecule has 0 aliphatic heterocycles. The number of hydrogen-bond donors (Lipinski definition) is 1. The highest BCUT2D eigenvalue weighted by Crippen LogP contribution is 2.16. The fourth-order valence-corrected chi connectivity index (χ4v) is 3.32. The van der Waals surface area contributed by atoms with Gasteiger partial charge in [-0.2, -0.15) is 0 Å². The second-order valence-electron chi connectivity index (χ2n) is 8.01. The van der Waals surface area contributed by atoms with Gasteiger partial charge in [0.1, 0.15) is 11.8 Å². The maximum absolute atomic E-state index is 13.2. The molecule has 0 aliphatic carbocycles. The molecule has 2 amide bonds. The molecule has 0 fully saturated rings. The molecule has 0 spiro atoms. The van der Waals surface area contributed by atoms with Crippen LogP contribution in [0.15, 0.2) is 54.6 Å². The molecule has 0 heterocycles. The summed E-state index contributed by atoms with van der Waals surface area (Å²) in [6.07, 6.45) is 2.36. The van der Waals surface area contributed by atoms with Gasteiger partial charge in [-0.15, -0.1) is 0 Å². The third-order valence-electron chi connectivity index (χ3n) is 5.41. The van der Waals surface area contributed by atoms with E-state index in [0.29, 0.717) is 32.4 Å². The fourth-order valence-electron chi connectivity index (χ4n) is 3.32. The van der Waals surface area contributed by atoms with Crippen molar-refractivity contribution in [1.29, 1.82) is 0 Å². The quantitative estimate of drug-likeness (QED) is 0.494. The van der Waals surface area contributed by atoms with E-state index in [9.17, 15) is 9.59 Å². The van der Waals surface area contributed by atoms with Crippen LogP contribution < -0.4 is 10.1 Å². The summed E-state index contributed by atoms with van der Waals surface area (Å²) in [6.45, 7) is 8.89. The zero-order chi connectivity index (χ0) is 22.6. The van der Waals surface area contributed by atoms with Gasteiger partial charge < -0.3 is 15.0 Å². The maximum atomic E-state index is 13.2. The number of amides is 2. The van der Waals surface area contributed by atoms with E-state index in [4.69, 9.17) is 4.74 Å². The molecule has 168 valence electrons. The first-order valence-electron chi connectivity index (χ1n) is 11.3. The van der Waals surface area contributed by atoms with Crippen molar-refractivity contribution in [3.63, 3.8) is 0 Å². The summed E-state index contributed by atoms with van der Waals surface area (Å²) in [5.41, 5.74) is 2.19. The molecule has 2 aromatic rings. The van der Waals surface area contributed by atoms with Gasteiger partial charge >= 0.3 is 0 Å². The van der Waals surface area contributed by atoms with Crippen molar-refractivity contribution in [3.05, 3.63) is 65.7 Å². The molecule has 2 aromatic carbocycles. The van der Waals surface area contributed by atoms with E-state index in [1.54, 1.807) is 4.90 Å². The highest BCUT2D eigenvalue weighted by molar-refractivity contribution is 5.87. The van der Waals surface area contributed by atoms with Gasteiger partial charge in [0, 0.05) is 19.0 Å². The second-order valence-corrected chi connectivity index (χ2v) is 8.01. The van der Waals surface area contributed by atoms with E-state index < -0.39 is 6.04 Å². The van der Waals surface area contributed by atoms with Crippen molar-refractivity contribution in [2.24, 2.45) is 0 Å². The third-order valence-corrected chi connectivity index (χ3v) is 5.41.